The molecule has 0 saturated carbocycles. The van der Waals surface area contributed by atoms with Crippen molar-refractivity contribution in [2.45, 2.75) is 6.54 Å². The summed E-state index contributed by atoms with van der Waals surface area (Å²) < 4.78 is 27.7. The first-order valence-corrected chi connectivity index (χ1v) is 6.32. The van der Waals surface area contributed by atoms with Crippen LogP contribution in [0.15, 0.2) is 12.1 Å². The van der Waals surface area contributed by atoms with Crippen molar-refractivity contribution in [3.05, 3.63) is 32.9 Å². The van der Waals surface area contributed by atoms with Gasteiger partial charge in [0.1, 0.15) is 11.6 Å². The molecule has 1 N–H and O–H groups in total. The van der Waals surface area contributed by atoms with Crippen LogP contribution in [0.4, 0.5) is 8.78 Å². The smallest absolute Gasteiger partial charge is 0.143 e. The third-order valence-corrected chi connectivity index (χ3v) is 3.56. The van der Waals surface area contributed by atoms with E-state index in [0.717, 1.165) is 26.2 Å². The molecule has 6 heteroatoms. The van der Waals surface area contributed by atoms with Crippen molar-refractivity contribution in [1.82, 2.24) is 10.2 Å². The van der Waals surface area contributed by atoms with Crippen LogP contribution in [0.5, 0.6) is 0 Å². The number of hydrogen-bond acceptors (Lipinski definition) is 2. The molecule has 17 heavy (non-hydrogen) atoms. The fraction of sp³-hybridized carbons (Fsp3) is 0.455. The summed E-state index contributed by atoms with van der Waals surface area (Å²) in [5, 5.41) is 3.21. The summed E-state index contributed by atoms with van der Waals surface area (Å²) in [5.74, 6) is -0.865. The molecule has 0 aromatic heterocycles. The highest BCUT2D eigenvalue weighted by Gasteiger charge is 2.17. The molecule has 0 amide bonds. The molecule has 2 rings (SSSR count). The quantitative estimate of drug-likeness (QED) is 0.632. The van der Waals surface area contributed by atoms with E-state index >= 15 is 0 Å². The summed E-state index contributed by atoms with van der Waals surface area (Å²) in [7, 11) is 0. The lowest BCUT2D eigenvalue weighted by Gasteiger charge is -2.27. The largest absolute Gasteiger partial charge is 0.314 e. The van der Waals surface area contributed by atoms with Crippen LogP contribution in [-0.2, 0) is 6.54 Å². The van der Waals surface area contributed by atoms with Crippen LogP contribution in [0.25, 0.3) is 0 Å². The first-order chi connectivity index (χ1) is 7.68. The van der Waals surface area contributed by atoms with E-state index in [9.17, 15) is 8.78 Å². The summed E-state index contributed by atoms with van der Waals surface area (Å²) in [6.07, 6.45) is 0. The normalized spacial score (nSPS) is 16.6. The molecule has 0 aliphatic carbocycles. The van der Waals surface area contributed by atoms with Gasteiger partial charge in [-0.05, 0) is 34.7 Å². The lowest BCUT2D eigenvalue weighted by Crippen LogP contribution is -2.43. The van der Waals surface area contributed by atoms with Gasteiger partial charge in [-0.15, -0.1) is 12.4 Å². The van der Waals surface area contributed by atoms with Gasteiger partial charge < -0.3 is 5.32 Å². The first-order valence-electron chi connectivity index (χ1n) is 5.24. The molecule has 0 spiro atoms. The maximum absolute atomic E-state index is 13.7. The van der Waals surface area contributed by atoms with Gasteiger partial charge in [0.25, 0.3) is 0 Å². The van der Waals surface area contributed by atoms with Gasteiger partial charge in [-0.3, -0.25) is 4.90 Å². The Labute approximate surface area is 119 Å². The predicted molar refractivity (Wildman–Crippen MR) is 74.5 cm³/mol. The molecule has 0 unspecified atom stereocenters. The van der Waals surface area contributed by atoms with Gasteiger partial charge in [-0.2, -0.15) is 0 Å². The summed E-state index contributed by atoms with van der Waals surface area (Å²) in [5.41, 5.74) is 0.189. The van der Waals surface area contributed by atoms with Crippen molar-refractivity contribution in [3.63, 3.8) is 0 Å². The number of benzene rings is 1. The Morgan fingerprint density at radius 2 is 1.88 bits per heavy atom. The van der Waals surface area contributed by atoms with Gasteiger partial charge in [0.2, 0.25) is 0 Å². The van der Waals surface area contributed by atoms with Gasteiger partial charge in [-0.1, -0.05) is 0 Å². The number of rotatable bonds is 2. The molecular weight excluding hydrogens is 360 g/mol. The molecule has 1 aromatic carbocycles. The predicted octanol–water partition coefficient (Wildman–Crippen LogP) is 2.40. The van der Waals surface area contributed by atoms with Crippen LogP contribution in [0.3, 0.4) is 0 Å². The summed E-state index contributed by atoms with van der Waals surface area (Å²) >= 11 is 1.89. The van der Waals surface area contributed by atoms with Crippen molar-refractivity contribution < 1.29 is 8.78 Å². The van der Waals surface area contributed by atoms with E-state index in [1.807, 2.05) is 22.6 Å². The van der Waals surface area contributed by atoms with E-state index in [1.165, 1.54) is 12.1 Å². The average Bonchev–Trinajstić information content (AvgIpc) is 2.31. The van der Waals surface area contributed by atoms with Crippen LogP contribution >= 0.6 is 35.0 Å². The molecule has 0 radical (unpaired) electrons. The van der Waals surface area contributed by atoms with Crippen molar-refractivity contribution in [1.29, 1.82) is 0 Å². The van der Waals surface area contributed by atoms with Crippen LogP contribution in [-0.4, -0.2) is 31.1 Å². The maximum Gasteiger partial charge on any atom is 0.143 e. The molecule has 1 aliphatic heterocycles. The van der Waals surface area contributed by atoms with Crippen LogP contribution in [0.1, 0.15) is 5.56 Å². The van der Waals surface area contributed by atoms with Crippen molar-refractivity contribution in [2.75, 3.05) is 26.2 Å². The Hall–Kier alpha value is 0.0200. The second kappa shape index (κ2) is 6.82. The van der Waals surface area contributed by atoms with Gasteiger partial charge >= 0.3 is 0 Å². The Balaban J connectivity index is 0.00000144. The van der Waals surface area contributed by atoms with Crippen LogP contribution in [0, 0.1) is 15.2 Å². The zero-order valence-electron chi connectivity index (χ0n) is 9.18. The topological polar surface area (TPSA) is 15.3 Å². The summed E-state index contributed by atoms with van der Waals surface area (Å²) in [6.45, 7) is 3.80. The third-order valence-electron chi connectivity index (χ3n) is 2.73. The molecule has 1 heterocycles. The standard InChI is InChI=1S/C11H13F2IN2.ClH/c12-9-1-2-10(14)11(13)8(9)7-16-5-3-15-4-6-16;/h1-2,15H,3-7H2;1H. The maximum atomic E-state index is 13.7. The number of hydrogen-bond donors (Lipinski definition) is 1. The second-order valence-electron chi connectivity index (χ2n) is 3.85. The SMILES string of the molecule is Cl.Fc1ccc(I)c(F)c1CN1CCNCC1. The Morgan fingerprint density at radius 1 is 1.24 bits per heavy atom. The van der Waals surface area contributed by atoms with Gasteiger partial charge in [0.05, 0.1) is 0 Å². The molecule has 0 atom stereocenters. The van der Waals surface area contributed by atoms with Gasteiger partial charge in [0, 0.05) is 41.9 Å². The van der Waals surface area contributed by atoms with E-state index in [1.54, 1.807) is 0 Å². The molecule has 1 fully saturated rings. The highest BCUT2D eigenvalue weighted by molar-refractivity contribution is 14.1. The fourth-order valence-corrected chi connectivity index (χ4v) is 2.31. The molecular formula is C11H14ClF2IN2. The number of halogens is 4. The molecule has 2 nitrogen and oxygen atoms in total. The highest BCUT2D eigenvalue weighted by Crippen LogP contribution is 2.20. The lowest BCUT2D eigenvalue weighted by molar-refractivity contribution is 0.227. The van der Waals surface area contributed by atoms with E-state index < -0.39 is 11.6 Å². The van der Waals surface area contributed by atoms with Crippen LogP contribution < -0.4 is 5.32 Å². The average molecular weight is 375 g/mol. The Bertz CT molecular complexity index is 384. The second-order valence-corrected chi connectivity index (χ2v) is 5.01. The molecule has 1 saturated heterocycles. The monoisotopic (exact) mass is 374 g/mol. The first kappa shape index (κ1) is 15.1. The lowest BCUT2D eigenvalue weighted by atomic mass is 10.1. The molecule has 1 aromatic rings. The van der Waals surface area contributed by atoms with E-state index in [0.29, 0.717) is 10.1 Å². The van der Waals surface area contributed by atoms with E-state index in [-0.39, 0.29) is 18.0 Å². The van der Waals surface area contributed by atoms with Crippen molar-refractivity contribution >= 4 is 35.0 Å². The van der Waals surface area contributed by atoms with E-state index in [2.05, 4.69) is 10.2 Å². The van der Waals surface area contributed by atoms with Crippen molar-refractivity contribution in [2.24, 2.45) is 0 Å². The number of piperazine rings is 1. The van der Waals surface area contributed by atoms with Crippen LogP contribution in [0.2, 0.25) is 0 Å². The zero-order chi connectivity index (χ0) is 11.5. The summed E-state index contributed by atoms with van der Waals surface area (Å²) in [4.78, 5) is 2.06. The molecule has 1 aliphatic rings. The Morgan fingerprint density at radius 3 is 2.53 bits per heavy atom. The highest BCUT2D eigenvalue weighted by atomic mass is 127. The molecule has 96 valence electrons. The summed E-state index contributed by atoms with van der Waals surface area (Å²) in [6, 6.07) is 2.80. The zero-order valence-corrected chi connectivity index (χ0v) is 12.2. The minimum atomic E-state index is -0.448. The van der Waals surface area contributed by atoms with Gasteiger partial charge in [-0.25, -0.2) is 8.78 Å². The minimum absolute atomic E-state index is 0. The van der Waals surface area contributed by atoms with E-state index in [4.69, 9.17) is 0 Å². The third kappa shape index (κ3) is 3.74. The Kier molecular flexibility index (Phi) is 6.05. The fourth-order valence-electron chi connectivity index (χ4n) is 1.81. The number of nitrogens with zero attached hydrogens (tertiary/aromatic N) is 1. The minimum Gasteiger partial charge on any atom is -0.314 e. The number of nitrogens with one attached hydrogen (secondary N) is 1. The molecule has 0 bridgehead atoms. The van der Waals surface area contributed by atoms with Crippen molar-refractivity contribution in [3.8, 4) is 0 Å². The van der Waals surface area contributed by atoms with Gasteiger partial charge in [0.15, 0.2) is 0 Å².